The van der Waals surface area contributed by atoms with Crippen LogP contribution in [0.25, 0.3) is 10.9 Å². The van der Waals surface area contributed by atoms with Crippen LogP contribution in [-0.2, 0) is 11.3 Å². The van der Waals surface area contributed by atoms with E-state index in [1.54, 1.807) is 4.90 Å². The fraction of sp³-hybridized carbons (Fsp3) is 0.500. The average Bonchev–Trinajstić information content (AvgIpc) is 3.24. The van der Waals surface area contributed by atoms with Crippen LogP contribution in [0.4, 0.5) is 0 Å². The number of aromatic nitrogens is 1. The van der Waals surface area contributed by atoms with Crippen molar-refractivity contribution in [2.75, 3.05) is 13.1 Å². The molecule has 2 atom stereocenters. The predicted molar refractivity (Wildman–Crippen MR) is 95.5 cm³/mol. The van der Waals surface area contributed by atoms with Crippen LogP contribution in [0, 0.1) is 17.8 Å². The highest BCUT2D eigenvalue weighted by Crippen LogP contribution is 2.44. The molecular weight excluding hydrogens is 316 g/mol. The molecule has 1 amide bonds. The molecule has 2 aromatic rings. The van der Waals surface area contributed by atoms with Crippen LogP contribution in [0.3, 0.4) is 0 Å². The molecule has 5 nitrogen and oxygen atoms in total. The molecule has 1 aromatic heterocycles. The molecule has 132 valence electrons. The summed E-state index contributed by atoms with van der Waals surface area (Å²) in [5, 5.41) is 10.6. The Labute approximate surface area is 147 Å². The van der Waals surface area contributed by atoms with Crippen LogP contribution in [0.1, 0.15) is 36.7 Å². The molecule has 25 heavy (non-hydrogen) atoms. The lowest BCUT2D eigenvalue weighted by Crippen LogP contribution is -2.31. The first kappa shape index (κ1) is 16.2. The van der Waals surface area contributed by atoms with Crippen LogP contribution >= 0.6 is 0 Å². The molecule has 1 saturated heterocycles. The van der Waals surface area contributed by atoms with Crippen LogP contribution in [0.2, 0.25) is 0 Å². The van der Waals surface area contributed by atoms with Crippen molar-refractivity contribution in [1.29, 1.82) is 0 Å². The van der Waals surface area contributed by atoms with Gasteiger partial charge in [0.05, 0.1) is 5.92 Å². The van der Waals surface area contributed by atoms with E-state index in [4.69, 9.17) is 0 Å². The molecule has 0 unspecified atom stereocenters. The van der Waals surface area contributed by atoms with Crippen molar-refractivity contribution in [3.63, 3.8) is 0 Å². The number of benzene rings is 1. The number of aliphatic carboxylic acids is 1. The maximum absolute atomic E-state index is 13.2. The number of carbonyl (C=O) groups excluding carboxylic acids is 1. The van der Waals surface area contributed by atoms with Gasteiger partial charge in [-0.2, -0.15) is 0 Å². The fourth-order valence-electron chi connectivity index (χ4n) is 4.27. The summed E-state index contributed by atoms with van der Waals surface area (Å²) in [5.74, 6) is -0.605. The van der Waals surface area contributed by atoms with Gasteiger partial charge in [-0.15, -0.1) is 0 Å². The summed E-state index contributed by atoms with van der Waals surface area (Å²) in [4.78, 5) is 26.6. The third-order valence-corrected chi connectivity index (χ3v) is 5.67. The van der Waals surface area contributed by atoms with Crippen molar-refractivity contribution in [3.8, 4) is 0 Å². The van der Waals surface area contributed by atoms with E-state index in [1.807, 2.05) is 30.3 Å². The quantitative estimate of drug-likeness (QED) is 0.909. The van der Waals surface area contributed by atoms with E-state index in [0.717, 1.165) is 36.7 Å². The summed E-state index contributed by atoms with van der Waals surface area (Å²) in [5.41, 5.74) is 1.75. The lowest BCUT2D eigenvalue weighted by atomic mass is 9.92. The lowest BCUT2D eigenvalue weighted by Gasteiger charge is -2.18. The lowest BCUT2D eigenvalue weighted by molar-refractivity contribution is -0.142. The van der Waals surface area contributed by atoms with Gasteiger partial charge in [-0.05, 0) is 43.2 Å². The van der Waals surface area contributed by atoms with Gasteiger partial charge in [-0.25, -0.2) is 0 Å². The average molecular weight is 340 g/mol. The number of nitrogens with zero attached hydrogens (tertiary/aromatic N) is 2. The Morgan fingerprint density at radius 3 is 2.64 bits per heavy atom. The van der Waals surface area contributed by atoms with Gasteiger partial charge in [0.15, 0.2) is 0 Å². The molecule has 2 aliphatic rings. The molecule has 1 aliphatic heterocycles. The number of hydrogen-bond acceptors (Lipinski definition) is 2. The van der Waals surface area contributed by atoms with E-state index in [2.05, 4.69) is 11.5 Å². The Morgan fingerprint density at radius 1 is 1.20 bits per heavy atom. The molecule has 1 N–H and O–H groups in total. The highest BCUT2D eigenvalue weighted by Gasteiger charge is 2.47. The van der Waals surface area contributed by atoms with E-state index in [0.29, 0.717) is 24.7 Å². The SMILES string of the molecule is CCCn1c(C(=O)N2C[C@H](C(=O)O)[C@@H](C3CC3)C2)cc2ccccc21. The first-order valence-corrected chi connectivity index (χ1v) is 9.20. The maximum Gasteiger partial charge on any atom is 0.308 e. The molecule has 1 aromatic carbocycles. The first-order chi connectivity index (χ1) is 12.1. The Bertz CT molecular complexity index is 821. The van der Waals surface area contributed by atoms with E-state index < -0.39 is 11.9 Å². The molecule has 0 bridgehead atoms. The number of fused-ring (bicyclic) bond motifs is 1. The van der Waals surface area contributed by atoms with Crippen LogP contribution in [0.5, 0.6) is 0 Å². The van der Waals surface area contributed by atoms with E-state index in [1.165, 1.54) is 0 Å². The number of carboxylic acid groups (broad SMARTS) is 1. The topological polar surface area (TPSA) is 62.5 Å². The van der Waals surface area contributed by atoms with Crippen LogP contribution in [0.15, 0.2) is 30.3 Å². The number of amides is 1. The van der Waals surface area contributed by atoms with Gasteiger partial charge in [0, 0.05) is 30.5 Å². The zero-order valence-corrected chi connectivity index (χ0v) is 14.5. The number of aryl methyl sites for hydroxylation is 1. The van der Waals surface area contributed by atoms with Crippen LogP contribution in [-0.4, -0.2) is 39.5 Å². The summed E-state index contributed by atoms with van der Waals surface area (Å²) in [7, 11) is 0. The maximum atomic E-state index is 13.2. The van der Waals surface area contributed by atoms with Crippen molar-refractivity contribution in [1.82, 2.24) is 9.47 Å². The van der Waals surface area contributed by atoms with Crippen molar-refractivity contribution < 1.29 is 14.7 Å². The van der Waals surface area contributed by atoms with Gasteiger partial charge < -0.3 is 14.6 Å². The Hall–Kier alpha value is -2.30. The second-order valence-electron chi connectivity index (χ2n) is 7.40. The van der Waals surface area contributed by atoms with Crippen molar-refractivity contribution >= 4 is 22.8 Å². The Morgan fingerprint density at radius 2 is 1.96 bits per heavy atom. The molecule has 0 radical (unpaired) electrons. The molecule has 0 spiro atoms. The third kappa shape index (κ3) is 2.81. The van der Waals surface area contributed by atoms with E-state index >= 15 is 0 Å². The zero-order chi connectivity index (χ0) is 17.6. The highest BCUT2D eigenvalue weighted by molar-refractivity contribution is 5.99. The zero-order valence-electron chi connectivity index (χ0n) is 14.5. The van der Waals surface area contributed by atoms with Crippen molar-refractivity contribution in [2.24, 2.45) is 17.8 Å². The van der Waals surface area contributed by atoms with Crippen molar-refractivity contribution in [2.45, 2.75) is 32.7 Å². The molecule has 2 heterocycles. The van der Waals surface area contributed by atoms with E-state index in [9.17, 15) is 14.7 Å². The monoisotopic (exact) mass is 340 g/mol. The highest BCUT2D eigenvalue weighted by atomic mass is 16.4. The Balaban J connectivity index is 1.66. The minimum Gasteiger partial charge on any atom is -0.481 e. The Kier molecular flexibility index (Phi) is 4.02. The normalized spacial score (nSPS) is 23.3. The number of carbonyl (C=O) groups is 2. The number of rotatable bonds is 5. The minimum absolute atomic E-state index is 0.0287. The van der Waals surface area contributed by atoms with Gasteiger partial charge in [0.2, 0.25) is 0 Å². The second-order valence-corrected chi connectivity index (χ2v) is 7.40. The fourth-order valence-corrected chi connectivity index (χ4v) is 4.27. The van der Waals surface area contributed by atoms with Crippen LogP contribution < -0.4 is 0 Å². The summed E-state index contributed by atoms with van der Waals surface area (Å²) in [6.45, 7) is 3.80. The van der Waals surface area contributed by atoms with E-state index in [-0.39, 0.29) is 11.8 Å². The number of para-hydroxylation sites is 1. The molecule has 1 aliphatic carbocycles. The molecule has 2 fully saturated rings. The van der Waals surface area contributed by atoms with Gasteiger partial charge >= 0.3 is 5.97 Å². The van der Waals surface area contributed by atoms with Gasteiger partial charge in [0.25, 0.3) is 5.91 Å². The largest absolute Gasteiger partial charge is 0.481 e. The van der Waals surface area contributed by atoms with Gasteiger partial charge in [-0.3, -0.25) is 9.59 Å². The molecule has 4 rings (SSSR count). The summed E-state index contributed by atoms with van der Waals surface area (Å²) in [6.07, 6.45) is 3.15. The molecule has 1 saturated carbocycles. The van der Waals surface area contributed by atoms with Gasteiger partial charge in [0.1, 0.15) is 5.69 Å². The number of hydrogen-bond donors (Lipinski definition) is 1. The van der Waals surface area contributed by atoms with Gasteiger partial charge in [-0.1, -0.05) is 25.1 Å². The second kappa shape index (κ2) is 6.21. The summed E-state index contributed by atoms with van der Waals surface area (Å²) >= 11 is 0. The smallest absolute Gasteiger partial charge is 0.308 e. The predicted octanol–water partition coefficient (Wildman–Crippen LogP) is 3.23. The first-order valence-electron chi connectivity index (χ1n) is 9.20. The summed E-state index contributed by atoms with van der Waals surface area (Å²) in [6, 6.07) is 9.98. The molecule has 5 heteroatoms. The summed E-state index contributed by atoms with van der Waals surface area (Å²) < 4.78 is 2.08. The number of likely N-dealkylation sites (tertiary alicyclic amines) is 1. The minimum atomic E-state index is -0.763. The van der Waals surface area contributed by atoms with Crippen molar-refractivity contribution in [3.05, 3.63) is 36.0 Å². The number of carboxylic acids is 1. The molecular formula is C20H24N2O3. The third-order valence-electron chi connectivity index (χ3n) is 5.67. The standard InChI is InChI=1S/C20H24N2O3/c1-2-9-22-17-6-4-3-5-14(17)10-18(22)19(23)21-11-15(13-7-8-13)16(12-21)20(24)25/h3-6,10,13,15-16H,2,7-9,11-12H2,1H3,(H,24,25)/t15-,16+/m1/s1.